The highest BCUT2D eigenvalue weighted by Crippen LogP contribution is 2.17. The minimum absolute atomic E-state index is 0.447. The standard InChI is InChI=1S/C15H15N3O/c1-2-17-15-13(4-3-9-18-15)11-19-14-7-5-12(10-16)6-8-14/h3-9H,2,11H2,1H3,(H,17,18). The normalized spacial score (nSPS) is 9.68. The molecule has 0 saturated heterocycles. The molecule has 1 heterocycles. The second-order valence-electron chi connectivity index (χ2n) is 3.97. The van der Waals surface area contributed by atoms with Crippen molar-refractivity contribution >= 4 is 5.82 Å². The summed E-state index contributed by atoms with van der Waals surface area (Å²) in [4.78, 5) is 4.27. The molecule has 0 saturated carbocycles. The summed E-state index contributed by atoms with van der Waals surface area (Å²) in [5, 5.41) is 11.9. The largest absolute Gasteiger partial charge is 0.489 e. The predicted octanol–water partition coefficient (Wildman–Crippen LogP) is 2.96. The molecule has 0 fully saturated rings. The molecule has 0 unspecified atom stereocenters. The second-order valence-corrected chi connectivity index (χ2v) is 3.97. The molecule has 2 rings (SSSR count). The highest BCUT2D eigenvalue weighted by atomic mass is 16.5. The van der Waals surface area contributed by atoms with Gasteiger partial charge >= 0.3 is 0 Å². The Morgan fingerprint density at radius 3 is 2.74 bits per heavy atom. The Kier molecular flexibility index (Phi) is 4.35. The molecule has 0 atom stereocenters. The van der Waals surface area contributed by atoms with Crippen LogP contribution in [-0.4, -0.2) is 11.5 Å². The van der Waals surface area contributed by atoms with Crippen molar-refractivity contribution in [3.05, 3.63) is 53.7 Å². The van der Waals surface area contributed by atoms with E-state index in [1.54, 1.807) is 30.5 Å². The molecule has 0 aliphatic carbocycles. The number of pyridine rings is 1. The van der Waals surface area contributed by atoms with E-state index in [0.717, 1.165) is 23.7 Å². The summed E-state index contributed by atoms with van der Waals surface area (Å²) in [7, 11) is 0. The number of benzene rings is 1. The van der Waals surface area contributed by atoms with Gasteiger partial charge in [-0.05, 0) is 37.3 Å². The van der Waals surface area contributed by atoms with Crippen LogP contribution >= 0.6 is 0 Å². The highest BCUT2D eigenvalue weighted by molar-refractivity contribution is 5.43. The number of hydrogen-bond acceptors (Lipinski definition) is 4. The number of anilines is 1. The third-order valence-electron chi connectivity index (χ3n) is 2.61. The average molecular weight is 253 g/mol. The first-order valence-corrected chi connectivity index (χ1v) is 6.14. The maximum Gasteiger partial charge on any atom is 0.132 e. The summed E-state index contributed by atoms with van der Waals surface area (Å²) >= 11 is 0. The van der Waals surface area contributed by atoms with E-state index in [4.69, 9.17) is 10.00 Å². The van der Waals surface area contributed by atoms with E-state index in [1.807, 2.05) is 19.1 Å². The number of nitrogens with one attached hydrogen (secondary N) is 1. The van der Waals surface area contributed by atoms with Gasteiger partial charge in [0.1, 0.15) is 18.2 Å². The molecule has 0 amide bonds. The summed E-state index contributed by atoms with van der Waals surface area (Å²) < 4.78 is 5.69. The van der Waals surface area contributed by atoms with Crippen molar-refractivity contribution in [2.75, 3.05) is 11.9 Å². The Balaban J connectivity index is 2.03. The first-order chi connectivity index (χ1) is 9.33. The Hall–Kier alpha value is -2.54. The van der Waals surface area contributed by atoms with Gasteiger partial charge < -0.3 is 10.1 Å². The predicted molar refractivity (Wildman–Crippen MR) is 73.9 cm³/mol. The molecule has 1 N–H and O–H groups in total. The van der Waals surface area contributed by atoms with E-state index in [2.05, 4.69) is 16.4 Å². The fourth-order valence-electron chi connectivity index (χ4n) is 1.67. The Morgan fingerprint density at radius 2 is 2.05 bits per heavy atom. The van der Waals surface area contributed by atoms with Crippen LogP contribution in [0.25, 0.3) is 0 Å². The number of rotatable bonds is 5. The fourth-order valence-corrected chi connectivity index (χ4v) is 1.67. The molecule has 1 aromatic carbocycles. The number of hydrogen-bond donors (Lipinski definition) is 1. The van der Waals surface area contributed by atoms with Gasteiger partial charge in [-0.15, -0.1) is 0 Å². The molecule has 0 spiro atoms. The van der Waals surface area contributed by atoms with E-state index < -0.39 is 0 Å². The third kappa shape index (κ3) is 3.46. The summed E-state index contributed by atoms with van der Waals surface area (Å²) in [5.74, 6) is 1.59. The van der Waals surface area contributed by atoms with Crippen molar-refractivity contribution in [2.24, 2.45) is 0 Å². The smallest absolute Gasteiger partial charge is 0.132 e. The second kappa shape index (κ2) is 6.41. The van der Waals surface area contributed by atoms with Gasteiger partial charge in [-0.3, -0.25) is 0 Å². The Labute approximate surface area is 112 Å². The van der Waals surface area contributed by atoms with Crippen molar-refractivity contribution in [2.45, 2.75) is 13.5 Å². The van der Waals surface area contributed by atoms with E-state index in [9.17, 15) is 0 Å². The van der Waals surface area contributed by atoms with Gasteiger partial charge in [-0.25, -0.2) is 4.98 Å². The molecule has 1 aromatic heterocycles. The number of nitrogens with zero attached hydrogens (tertiary/aromatic N) is 2. The molecule has 0 aliphatic heterocycles. The highest BCUT2D eigenvalue weighted by Gasteiger charge is 2.03. The zero-order valence-electron chi connectivity index (χ0n) is 10.8. The minimum Gasteiger partial charge on any atom is -0.489 e. The molecule has 0 aliphatic rings. The van der Waals surface area contributed by atoms with Crippen LogP contribution in [-0.2, 0) is 6.61 Å². The summed E-state index contributed by atoms with van der Waals surface area (Å²) in [5.41, 5.74) is 1.63. The lowest BCUT2D eigenvalue weighted by molar-refractivity contribution is 0.306. The number of aromatic nitrogens is 1. The van der Waals surface area contributed by atoms with Crippen LogP contribution in [0.1, 0.15) is 18.1 Å². The average Bonchev–Trinajstić information content (AvgIpc) is 2.47. The van der Waals surface area contributed by atoms with Gasteiger partial charge in [0.15, 0.2) is 0 Å². The van der Waals surface area contributed by atoms with Crippen molar-refractivity contribution in [1.29, 1.82) is 5.26 Å². The van der Waals surface area contributed by atoms with Gasteiger partial charge in [0.25, 0.3) is 0 Å². The van der Waals surface area contributed by atoms with E-state index in [-0.39, 0.29) is 0 Å². The van der Waals surface area contributed by atoms with Crippen molar-refractivity contribution in [3.63, 3.8) is 0 Å². The summed E-state index contributed by atoms with van der Waals surface area (Å²) in [6.45, 7) is 3.29. The van der Waals surface area contributed by atoms with Gasteiger partial charge in [-0.1, -0.05) is 6.07 Å². The maximum absolute atomic E-state index is 8.72. The lowest BCUT2D eigenvalue weighted by atomic mass is 10.2. The van der Waals surface area contributed by atoms with Gasteiger partial charge in [0.05, 0.1) is 11.6 Å². The molecule has 0 bridgehead atoms. The summed E-state index contributed by atoms with van der Waals surface area (Å²) in [6.07, 6.45) is 1.75. The molecule has 96 valence electrons. The molecule has 2 aromatic rings. The third-order valence-corrected chi connectivity index (χ3v) is 2.61. The van der Waals surface area contributed by atoms with Crippen LogP contribution in [0.3, 0.4) is 0 Å². The topological polar surface area (TPSA) is 57.9 Å². The van der Waals surface area contributed by atoms with Crippen LogP contribution in [0.5, 0.6) is 5.75 Å². The van der Waals surface area contributed by atoms with E-state index in [0.29, 0.717) is 12.2 Å². The molecule has 4 nitrogen and oxygen atoms in total. The zero-order valence-corrected chi connectivity index (χ0v) is 10.8. The first kappa shape index (κ1) is 12.9. The molecular formula is C15H15N3O. The van der Waals surface area contributed by atoms with Crippen LogP contribution in [0.4, 0.5) is 5.82 Å². The molecule has 19 heavy (non-hydrogen) atoms. The quantitative estimate of drug-likeness (QED) is 0.890. The Morgan fingerprint density at radius 1 is 1.26 bits per heavy atom. The number of ether oxygens (including phenoxy) is 1. The van der Waals surface area contributed by atoms with Crippen LogP contribution in [0.2, 0.25) is 0 Å². The Bertz CT molecular complexity index is 573. The summed E-state index contributed by atoms with van der Waals surface area (Å²) in [6, 6.07) is 13.0. The maximum atomic E-state index is 8.72. The molecule has 4 heteroatoms. The van der Waals surface area contributed by atoms with Crippen molar-refractivity contribution in [3.8, 4) is 11.8 Å². The van der Waals surface area contributed by atoms with Gasteiger partial charge in [0.2, 0.25) is 0 Å². The van der Waals surface area contributed by atoms with Gasteiger partial charge in [-0.2, -0.15) is 5.26 Å². The monoisotopic (exact) mass is 253 g/mol. The van der Waals surface area contributed by atoms with E-state index >= 15 is 0 Å². The number of nitriles is 1. The first-order valence-electron chi connectivity index (χ1n) is 6.14. The fraction of sp³-hybridized carbons (Fsp3) is 0.200. The van der Waals surface area contributed by atoms with Crippen molar-refractivity contribution < 1.29 is 4.74 Å². The van der Waals surface area contributed by atoms with Gasteiger partial charge in [0, 0.05) is 18.3 Å². The van der Waals surface area contributed by atoms with Crippen LogP contribution in [0.15, 0.2) is 42.6 Å². The SMILES string of the molecule is CCNc1ncccc1COc1ccc(C#N)cc1. The molecular weight excluding hydrogens is 238 g/mol. The lowest BCUT2D eigenvalue weighted by Crippen LogP contribution is -2.05. The zero-order chi connectivity index (χ0) is 13.5. The minimum atomic E-state index is 0.447. The van der Waals surface area contributed by atoms with Crippen molar-refractivity contribution in [1.82, 2.24) is 4.98 Å². The van der Waals surface area contributed by atoms with Crippen LogP contribution in [0, 0.1) is 11.3 Å². The van der Waals surface area contributed by atoms with E-state index in [1.165, 1.54) is 0 Å². The van der Waals surface area contributed by atoms with Crippen LogP contribution < -0.4 is 10.1 Å². The molecule has 0 radical (unpaired) electrons. The lowest BCUT2D eigenvalue weighted by Gasteiger charge is -2.10.